The van der Waals surface area contributed by atoms with Crippen LogP contribution in [0.1, 0.15) is 5.56 Å². The Morgan fingerprint density at radius 3 is 2.46 bits per heavy atom. The van der Waals surface area contributed by atoms with Crippen LogP contribution in [0, 0.1) is 5.82 Å². The molecule has 0 fully saturated rings. The molecule has 35 heavy (non-hydrogen) atoms. The highest BCUT2D eigenvalue weighted by Crippen LogP contribution is 2.32. The van der Waals surface area contributed by atoms with Crippen molar-refractivity contribution in [1.82, 2.24) is 34.1 Å². The summed E-state index contributed by atoms with van der Waals surface area (Å²) in [6, 6.07) is 6.59. The van der Waals surface area contributed by atoms with Crippen molar-refractivity contribution in [3.05, 3.63) is 72.1 Å². The number of hydrogen-bond acceptors (Lipinski definition) is 7. The molecule has 11 heteroatoms. The minimum atomic E-state index is -0.587. The molecule has 0 amide bonds. The molecule has 4 heterocycles. The molecule has 0 unspecified atom stereocenters. The number of ether oxygens (including phenoxy) is 2. The number of hydrogen-bond donors (Lipinski definition) is 0. The van der Waals surface area contributed by atoms with Gasteiger partial charge < -0.3 is 14.0 Å². The molecule has 0 bridgehead atoms. The standard InChI is InChI=1S/C24H23FN8O2/c1-31-12-15(9-27-31)13-33-22(29-19-7-17(34-3)8-21(35-4)23(19)25)6-5-18-24(33)30-20(11-26-18)16-10-28-32(2)14-16/h5-12,14H,13H2,1-4H3. The number of methoxy groups -OCH3 is 2. The smallest absolute Gasteiger partial charge is 0.190 e. The van der Waals surface area contributed by atoms with Crippen molar-refractivity contribution in [2.45, 2.75) is 6.54 Å². The maximum absolute atomic E-state index is 15.1. The predicted molar refractivity (Wildman–Crippen MR) is 127 cm³/mol. The third-order valence-electron chi connectivity index (χ3n) is 5.49. The Hall–Kier alpha value is -4.54. The normalized spacial score (nSPS) is 11.9. The zero-order valence-electron chi connectivity index (χ0n) is 19.7. The van der Waals surface area contributed by atoms with Crippen LogP contribution in [0.4, 0.5) is 10.1 Å². The lowest BCUT2D eigenvalue weighted by atomic mass is 10.2. The molecule has 4 aromatic heterocycles. The van der Waals surface area contributed by atoms with E-state index in [1.807, 2.05) is 37.1 Å². The molecule has 5 aromatic rings. The van der Waals surface area contributed by atoms with E-state index in [2.05, 4.69) is 20.2 Å². The summed E-state index contributed by atoms with van der Waals surface area (Å²) >= 11 is 0. The van der Waals surface area contributed by atoms with Crippen molar-refractivity contribution in [2.75, 3.05) is 14.2 Å². The number of pyridine rings is 1. The van der Waals surface area contributed by atoms with Crippen molar-refractivity contribution >= 4 is 16.9 Å². The van der Waals surface area contributed by atoms with Gasteiger partial charge in [0.25, 0.3) is 0 Å². The fraction of sp³-hybridized carbons (Fsp3) is 0.208. The van der Waals surface area contributed by atoms with Gasteiger partial charge in [-0.25, -0.2) is 14.4 Å². The van der Waals surface area contributed by atoms with Crippen molar-refractivity contribution in [2.24, 2.45) is 19.1 Å². The van der Waals surface area contributed by atoms with Crippen LogP contribution in [0.5, 0.6) is 11.5 Å². The fourth-order valence-corrected chi connectivity index (χ4v) is 3.77. The van der Waals surface area contributed by atoms with E-state index in [1.54, 1.807) is 34.0 Å². The molecule has 178 valence electrons. The first-order valence-electron chi connectivity index (χ1n) is 10.7. The molecule has 10 nitrogen and oxygen atoms in total. The van der Waals surface area contributed by atoms with Crippen molar-refractivity contribution in [3.8, 4) is 22.8 Å². The summed E-state index contributed by atoms with van der Waals surface area (Å²) in [6.45, 7) is 0.401. The van der Waals surface area contributed by atoms with Crippen molar-refractivity contribution < 1.29 is 13.9 Å². The van der Waals surface area contributed by atoms with Crippen molar-refractivity contribution in [3.63, 3.8) is 0 Å². The molecule has 0 aliphatic heterocycles. The van der Waals surface area contributed by atoms with Gasteiger partial charge >= 0.3 is 0 Å². The van der Waals surface area contributed by atoms with E-state index in [-0.39, 0.29) is 11.4 Å². The lowest BCUT2D eigenvalue weighted by Gasteiger charge is -2.12. The van der Waals surface area contributed by atoms with Gasteiger partial charge in [0.2, 0.25) is 0 Å². The molecule has 0 saturated carbocycles. The van der Waals surface area contributed by atoms with Crippen LogP contribution in [0.3, 0.4) is 0 Å². The summed E-state index contributed by atoms with van der Waals surface area (Å²) < 4.78 is 30.9. The van der Waals surface area contributed by atoms with Gasteiger partial charge in [-0.05, 0) is 12.1 Å². The largest absolute Gasteiger partial charge is 0.497 e. The van der Waals surface area contributed by atoms with Crippen LogP contribution in [-0.4, -0.2) is 48.3 Å². The highest BCUT2D eigenvalue weighted by molar-refractivity contribution is 5.73. The average Bonchev–Trinajstić information content (AvgIpc) is 3.49. The molecule has 1 aromatic carbocycles. The third kappa shape index (κ3) is 4.35. The molecule has 0 aliphatic rings. The van der Waals surface area contributed by atoms with Gasteiger partial charge in [-0.1, -0.05) is 0 Å². The molecular formula is C24H23FN8O2. The van der Waals surface area contributed by atoms with E-state index in [9.17, 15) is 0 Å². The summed E-state index contributed by atoms with van der Waals surface area (Å²) in [7, 11) is 6.59. The number of aryl methyl sites for hydroxylation is 2. The Labute approximate surface area is 199 Å². The van der Waals surface area contributed by atoms with Gasteiger partial charge in [0.15, 0.2) is 17.2 Å². The van der Waals surface area contributed by atoms with E-state index in [0.717, 1.165) is 11.1 Å². The number of benzene rings is 1. The van der Waals surface area contributed by atoms with Gasteiger partial charge in [0.05, 0.1) is 45.0 Å². The molecule has 5 rings (SSSR count). The Balaban J connectivity index is 1.76. The summed E-state index contributed by atoms with van der Waals surface area (Å²) in [5, 5.41) is 8.50. The number of fused-ring (bicyclic) bond motifs is 1. The van der Waals surface area contributed by atoms with E-state index in [0.29, 0.717) is 34.6 Å². The van der Waals surface area contributed by atoms with E-state index in [4.69, 9.17) is 14.5 Å². The summed E-state index contributed by atoms with van der Waals surface area (Å²) in [5.41, 5.74) is 4.25. The summed E-state index contributed by atoms with van der Waals surface area (Å²) in [6.07, 6.45) is 8.98. The molecule has 0 spiro atoms. The fourth-order valence-electron chi connectivity index (χ4n) is 3.77. The predicted octanol–water partition coefficient (Wildman–Crippen LogP) is 3.00. The minimum absolute atomic E-state index is 0.0429. The van der Waals surface area contributed by atoms with Gasteiger partial charge in [-0.15, -0.1) is 0 Å². The van der Waals surface area contributed by atoms with Crippen LogP contribution >= 0.6 is 0 Å². The van der Waals surface area contributed by atoms with Crippen LogP contribution < -0.4 is 15.0 Å². The van der Waals surface area contributed by atoms with E-state index >= 15 is 4.39 Å². The lowest BCUT2D eigenvalue weighted by Crippen LogP contribution is -2.22. The van der Waals surface area contributed by atoms with Gasteiger partial charge in [0, 0.05) is 49.7 Å². The number of nitrogens with zero attached hydrogens (tertiary/aromatic N) is 8. The molecule has 0 aliphatic carbocycles. The highest BCUT2D eigenvalue weighted by atomic mass is 19.1. The van der Waals surface area contributed by atoms with Gasteiger partial charge in [0.1, 0.15) is 22.4 Å². The Morgan fingerprint density at radius 1 is 0.971 bits per heavy atom. The van der Waals surface area contributed by atoms with Crippen molar-refractivity contribution in [1.29, 1.82) is 0 Å². The summed E-state index contributed by atoms with van der Waals surface area (Å²) in [4.78, 5) is 14.1. The first-order valence-corrected chi connectivity index (χ1v) is 10.7. The second kappa shape index (κ2) is 9.01. The monoisotopic (exact) mass is 474 g/mol. The zero-order valence-corrected chi connectivity index (χ0v) is 19.7. The van der Waals surface area contributed by atoms with Crippen LogP contribution in [0.25, 0.3) is 22.4 Å². The van der Waals surface area contributed by atoms with Gasteiger partial charge in [-0.3, -0.25) is 14.3 Å². The lowest BCUT2D eigenvalue weighted by molar-refractivity contribution is 0.374. The summed E-state index contributed by atoms with van der Waals surface area (Å²) in [5.74, 6) is -0.113. The first kappa shape index (κ1) is 22.3. The Bertz CT molecular complexity index is 1600. The van der Waals surface area contributed by atoms with E-state index in [1.165, 1.54) is 26.4 Å². The molecule has 0 N–H and O–H groups in total. The molecule has 0 saturated heterocycles. The SMILES string of the molecule is COc1cc(N=c2ccc3ncc(-c4cnn(C)c4)nc3n2Cc2cnn(C)c2)c(F)c(OC)c1. The highest BCUT2D eigenvalue weighted by Gasteiger charge is 2.14. The third-order valence-corrected chi connectivity index (χ3v) is 5.49. The Morgan fingerprint density at radius 2 is 1.77 bits per heavy atom. The van der Waals surface area contributed by atoms with Crippen LogP contribution in [0.15, 0.2) is 60.2 Å². The molecule has 0 radical (unpaired) electrons. The van der Waals surface area contributed by atoms with Crippen LogP contribution in [-0.2, 0) is 20.6 Å². The molecule has 0 atom stereocenters. The second-order valence-electron chi connectivity index (χ2n) is 7.94. The number of aromatic nitrogens is 7. The first-order chi connectivity index (χ1) is 16.9. The maximum Gasteiger partial charge on any atom is 0.190 e. The quantitative estimate of drug-likeness (QED) is 0.375. The van der Waals surface area contributed by atoms with Crippen LogP contribution in [0.2, 0.25) is 0 Å². The van der Waals surface area contributed by atoms with Gasteiger partial charge in [-0.2, -0.15) is 10.2 Å². The minimum Gasteiger partial charge on any atom is -0.497 e. The maximum atomic E-state index is 15.1. The second-order valence-corrected chi connectivity index (χ2v) is 7.94. The molecular weight excluding hydrogens is 451 g/mol. The number of halogens is 1. The Kier molecular flexibility index (Phi) is 5.73. The average molecular weight is 475 g/mol. The van der Waals surface area contributed by atoms with E-state index < -0.39 is 5.82 Å². The number of rotatable bonds is 6. The topological polar surface area (TPSA) is 97.2 Å². The zero-order chi connectivity index (χ0) is 24.5.